The van der Waals surface area contributed by atoms with E-state index in [1.54, 1.807) is 27.4 Å². The molecule has 0 spiro atoms. The highest BCUT2D eigenvalue weighted by molar-refractivity contribution is 7.99. The molecule has 0 unspecified atom stereocenters. The van der Waals surface area contributed by atoms with Crippen LogP contribution < -0.4 is 19.5 Å². The molecule has 4 aromatic rings. The maximum absolute atomic E-state index is 12.5. The Morgan fingerprint density at radius 1 is 0.946 bits per heavy atom. The zero-order valence-corrected chi connectivity index (χ0v) is 22.1. The van der Waals surface area contributed by atoms with Crippen molar-refractivity contribution in [1.82, 2.24) is 9.97 Å². The summed E-state index contributed by atoms with van der Waals surface area (Å²) in [7, 11) is 4.78. The second kappa shape index (κ2) is 12.3. The Morgan fingerprint density at radius 2 is 1.70 bits per heavy atom. The molecule has 0 radical (unpaired) electrons. The van der Waals surface area contributed by atoms with Crippen molar-refractivity contribution in [3.8, 4) is 45.8 Å². The molecule has 10 heteroatoms. The van der Waals surface area contributed by atoms with Crippen LogP contribution in [0.5, 0.6) is 17.2 Å². The number of benzene rings is 2. The smallest absolute Gasteiger partial charge is 0.226 e. The van der Waals surface area contributed by atoms with Gasteiger partial charge in [0, 0.05) is 28.7 Å². The number of thiazole rings is 1. The third-order valence-electron chi connectivity index (χ3n) is 5.36. The Balaban J connectivity index is 1.36. The van der Waals surface area contributed by atoms with E-state index in [9.17, 15) is 10.1 Å². The molecule has 1 amide bonds. The van der Waals surface area contributed by atoms with Crippen LogP contribution in [0.1, 0.15) is 12.0 Å². The second-order valence-corrected chi connectivity index (χ2v) is 9.59. The Kier molecular flexibility index (Phi) is 8.61. The monoisotopic (exact) mass is 532 g/mol. The van der Waals surface area contributed by atoms with Crippen molar-refractivity contribution in [1.29, 1.82) is 5.26 Å². The summed E-state index contributed by atoms with van der Waals surface area (Å²) < 4.78 is 15.8. The molecule has 0 aliphatic rings. The molecule has 0 bridgehead atoms. The molecule has 0 atom stereocenters. The highest BCUT2D eigenvalue weighted by Crippen LogP contribution is 2.33. The molecule has 188 valence electrons. The normalized spacial score (nSPS) is 10.4. The van der Waals surface area contributed by atoms with Crippen LogP contribution in [-0.4, -0.2) is 43.0 Å². The van der Waals surface area contributed by atoms with Gasteiger partial charge in [-0.3, -0.25) is 4.79 Å². The van der Waals surface area contributed by atoms with Gasteiger partial charge in [-0.2, -0.15) is 5.26 Å². The maximum atomic E-state index is 12.5. The van der Waals surface area contributed by atoms with Gasteiger partial charge < -0.3 is 19.5 Å². The first-order valence-corrected chi connectivity index (χ1v) is 13.1. The van der Waals surface area contributed by atoms with Crippen molar-refractivity contribution in [2.75, 3.05) is 32.4 Å². The zero-order valence-electron chi connectivity index (χ0n) is 20.5. The lowest BCUT2D eigenvalue weighted by Gasteiger charge is -2.08. The lowest BCUT2D eigenvalue weighted by atomic mass is 10.1. The zero-order chi connectivity index (χ0) is 26.2. The summed E-state index contributed by atoms with van der Waals surface area (Å²) in [5.41, 5.74) is 3.73. The first kappa shape index (κ1) is 26.0. The second-order valence-electron chi connectivity index (χ2n) is 7.64. The van der Waals surface area contributed by atoms with Crippen molar-refractivity contribution in [2.45, 2.75) is 11.4 Å². The van der Waals surface area contributed by atoms with Crippen LogP contribution in [-0.2, 0) is 4.79 Å². The predicted molar refractivity (Wildman–Crippen MR) is 146 cm³/mol. The number of nitrogens with one attached hydrogen (secondary N) is 1. The van der Waals surface area contributed by atoms with Crippen molar-refractivity contribution in [3.63, 3.8) is 0 Å². The number of nitrogens with zero attached hydrogens (tertiary/aromatic N) is 3. The average molecular weight is 533 g/mol. The summed E-state index contributed by atoms with van der Waals surface area (Å²) in [6.45, 7) is 0. The van der Waals surface area contributed by atoms with Crippen LogP contribution >= 0.6 is 23.1 Å². The summed E-state index contributed by atoms with van der Waals surface area (Å²) in [6, 6.07) is 18.8. The minimum Gasteiger partial charge on any atom is -0.497 e. The number of hydrogen-bond acceptors (Lipinski definition) is 9. The lowest BCUT2D eigenvalue weighted by Crippen LogP contribution is -2.12. The van der Waals surface area contributed by atoms with E-state index in [0.717, 1.165) is 28.3 Å². The van der Waals surface area contributed by atoms with Crippen LogP contribution in [0, 0.1) is 11.3 Å². The van der Waals surface area contributed by atoms with E-state index in [1.165, 1.54) is 23.1 Å². The highest BCUT2D eigenvalue weighted by Gasteiger charge is 2.13. The lowest BCUT2D eigenvalue weighted by molar-refractivity contribution is -0.115. The topological polar surface area (TPSA) is 106 Å². The van der Waals surface area contributed by atoms with Crippen molar-refractivity contribution in [2.24, 2.45) is 0 Å². The summed E-state index contributed by atoms with van der Waals surface area (Å²) in [6.07, 6.45) is 0.245. The fraction of sp³-hybridized carbons (Fsp3) is 0.185. The largest absolute Gasteiger partial charge is 0.497 e. The molecule has 8 nitrogen and oxygen atoms in total. The van der Waals surface area contributed by atoms with Crippen LogP contribution in [0.15, 0.2) is 65.0 Å². The third-order valence-corrected chi connectivity index (χ3v) is 7.11. The highest BCUT2D eigenvalue weighted by atomic mass is 32.2. The number of hydrogen-bond donors (Lipinski definition) is 1. The van der Waals surface area contributed by atoms with E-state index in [2.05, 4.69) is 21.4 Å². The number of nitriles is 1. The van der Waals surface area contributed by atoms with Gasteiger partial charge in [0.25, 0.3) is 0 Å². The Bertz CT molecular complexity index is 1430. The molecule has 1 N–H and O–H groups in total. The van der Waals surface area contributed by atoms with E-state index < -0.39 is 0 Å². The van der Waals surface area contributed by atoms with Gasteiger partial charge in [-0.05, 0) is 54.6 Å². The van der Waals surface area contributed by atoms with Crippen molar-refractivity contribution in [3.05, 3.63) is 65.5 Å². The molecule has 0 fully saturated rings. The molecule has 37 heavy (non-hydrogen) atoms. The molecule has 2 aromatic carbocycles. The summed E-state index contributed by atoms with van der Waals surface area (Å²) in [5.74, 6) is 2.31. The number of pyridine rings is 1. The van der Waals surface area contributed by atoms with Crippen molar-refractivity contribution >= 4 is 34.1 Å². The van der Waals surface area contributed by atoms with Gasteiger partial charge >= 0.3 is 0 Å². The quantitative estimate of drug-likeness (QED) is 0.252. The number of aromatic nitrogens is 2. The van der Waals surface area contributed by atoms with E-state index in [4.69, 9.17) is 14.2 Å². The minimum atomic E-state index is -0.162. The van der Waals surface area contributed by atoms with E-state index >= 15 is 0 Å². The molecule has 0 saturated carbocycles. The molecule has 2 heterocycles. The van der Waals surface area contributed by atoms with Gasteiger partial charge in [0.15, 0.2) is 16.6 Å². The Hall–Kier alpha value is -4.07. The fourth-order valence-corrected chi connectivity index (χ4v) is 5.09. The average Bonchev–Trinajstić information content (AvgIpc) is 3.40. The number of anilines is 1. The molecule has 2 aromatic heterocycles. The van der Waals surface area contributed by atoms with E-state index in [0.29, 0.717) is 33.0 Å². The third kappa shape index (κ3) is 6.39. The summed E-state index contributed by atoms with van der Waals surface area (Å²) in [5, 5.41) is 15.3. The number of thioether (sulfide) groups is 1. The molecular weight excluding hydrogens is 508 g/mol. The molecule has 0 aliphatic carbocycles. The Labute approximate surface area is 223 Å². The molecule has 4 rings (SSSR count). The van der Waals surface area contributed by atoms with Crippen LogP contribution in [0.2, 0.25) is 0 Å². The van der Waals surface area contributed by atoms with Crippen LogP contribution in [0.25, 0.3) is 22.5 Å². The Morgan fingerprint density at radius 3 is 2.41 bits per heavy atom. The summed E-state index contributed by atoms with van der Waals surface area (Å²) in [4.78, 5) is 21.7. The number of amides is 1. The SMILES string of the molecule is COc1ccc(-c2ccc(C#N)c(SCCC(=O)Nc3nc(-c4ccc(OC)c(OC)c4)cs3)n2)cc1. The first-order chi connectivity index (χ1) is 18.0. The first-order valence-electron chi connectivity index (χ1n) is 11.2. The summed E-state index contributed by atoms with van der Waals surface area (Å²) >= 11 is 2.72. The van der Waals surface area contributed by atoms with Gasteiger partial charge in [-0.25, -0.2) is 9.97 Å². The van der Waals surface area contributed by atoms with Gasteiger partial charge in [-0.1, -0.05) is 0 Å². The number of methoxy groups -OCH3 is 3. The molecule has 0 aliphatic heterocycles. The van der Waals surface area contributed by atoms with E-state index in [1.807, 2.05) is 53.9 Å². The van der Waals surface area contributed by atoms with Gasteiger partial charge in [-0.15, -0.1) is 23.1 Å². The molecule has 0 saturated heterocycles. The van der Waals surface area contributed by atoms with Crippen LogP contribution in [0.3, 0.4) is 0 Å². The predicted octanol–water partition coefficient (Wildman–Crippen LogP) is 5.89. The fourth-order valence-electron chi connectivity index (χ4n) is 3.44. The van der Waals surface area contributed by atoms with Crippen molar-refractivity contribution < 1.29 is 19.0 Å². The van der Waals surface area contributed by atoms with E-state index in [-0.39, 0.29) is 12.3 Å². The van der Waals surface area contributed by atoms with Gasteiger partial charge in [0.05, 0.1) is 38.3 Å². The number of carbonyl (C=O) groups is 1. The minimum absolute atomic E-state index is 0.162. The standard InChI is InChI=1S/C27H24N4O4S2/c1-33-20-8-4-17(5-9-20)21-10-6-19(15-28)26(29-21)36-13-12-25(32)31-27-30-22(16-37-27)18-7-11-23(34-2)24(14-18)35-3/h4-11,14,16H,12-13H2,1-3H3,(H,30,31,32). The maximum Gasteiger partial charge on any atom is 0.226 e. The van der Waals surface area contributed by atoms with Gasteiger partial charge in [0.1, 0.15) is 16.8 Å². The van der Waals surface area contributed by atoms with Gasteiger partial charge in [0.2, 0.25) is 5.91 Å². The number of rotatable bonds is 10. The van der Waals surface area contributed by atoms with Crippen LogP contribution in [0.4, 0.5) is 5.13 Å². The molecular formula is C27H24N4O4S2. The number of carbonyl (C=O) groups excluding carboxylic acids is 1. The number of ether oxygens (including phenoxy) is 3.